The number of hydrogen-bond acceptors (Lipinski definition) is 3. The number of halogens is 1. The van der Waals surface area contributed by atoms with Gasteiger partial charge in [0.05, 0.1) is 17.7 Å². The van der Waals surface area contributed by atoms with Gasteiger partial charge in [0.2, 0.25) is 11.8 Å². The Labute approximate surface area is 116 Å². The van der Waals surface area contributed by atoms with Gasteiger partial charge < -0.3 is 4.74 Å². The zero-order chi connectivity index (χ0) is 13.4. The summed E-state index contributed by atoms with van der Waals surface area (Å²) in [6.45, 7) is 0.680. The van der Waals surface area contributed by atoms with Gasteiger partial charge in [-0.15, -0.1) is 0 Å². The molecule has 2 aliphatic heterocycles. The van der Waals surface area contributed by atoms with Gasteiger partial charge in [-0.25, -0.2) is 0 Å². The third kappa shape index (κ3) is 2.26. The minimum atomic E-state index is -0.339. The quantitative estimate of drug-likeness (QED) is 0.781. The highest BCUT2D eigenvalue weighted by Gasteiger charge is 2.44. The van der Waals surface area contributed by atoms with Crippen LogP contribution >= 0.6 is 11.6 Å². The monoisotopic (exact) mass is 279 g/mol. The van der Waals surface area contributed by atoms with Crippen LogP contribution < -0.4 is 4.90 Å². The first-order valence-electron chi connectivity index (χ1n) is 6.41. The van der Waals surface area contributed by atoms with E-state index in [1.54, 1.807) is 24.3 Å². The Kier molecular flexibility index (Phi) is 3.29. The number of anilines is 1. The number of carbonyl (C=O) groups is 2. The van der Waals surface area contributed by atoms with E-state index in [0.717, 1.165) is 12.8 Å². The molecule has 4 nitrogen and oxygen atoms in total. The second kappa shape index (κ2) is 4.94. The molecule has 2 atom stereocenters. The molecular formula is C14H14ClNO3. The van der Waals surface area contributed by atoms with Crippen molar-refractivity contribution in [2.45, 2.75) is 25.4 Å². The van der Waals surface area contributed by atoms with Crippen molar-refractivity contribution in [1.82, 2.24) is 0 Å². The van der Waals surface area contributed by atoms with Crippen molar-refractivity contribution in [3.05, 3.63) is 29.3 Å². The van der Waals surface area contributed by atoms with Crippen molar-refractivity contribution in [2.75, 3.05) is 11.5 Å². The second-order valence-electron chi connectivity index (χ2n) is 4.91. The van der Waals surface area contributed by atoms with Crippen molar-refractivity contribution >= 4 is 29.1 Å². The van der Waals surface area contributed by atoms with Crippen LogP contribution in [0.15, 0.2) is 24.3 Å². The lowest BCUT2D eigenvalue weighted by molar-refractivity contribution is -0.124. The van der Waals surface area contributed by atoms with Crippen LogP contribution in [0.5, 0.6) is 0 Å². The molecule has 0 saturated carbocycles. The van der Waals surface area contributed by atoms with Crippen LogP contribution in [0.1, 0.15) is 19.3 Å². The number of carbonyl (C=O) groups excluding carboxylic acids is 2. The van der Waals surface area contributed by atoms with Crippen molar-refractivity contribution in [3.63, 3.8) is 0 Å². The zero-order valence-electron chi connectivity index (χ0n) is 10.3. The van der Waals surface area contributed by atoms with Crippen LogP contribution in [0.25, 0.3) is 0 Å². The first kappa shape index (κ1) is 12.6. The molecule has 3 rings (SSSR count). The molecule has 0 aliphatic carbocycles. The van der Waals surface area contributed by atoms with Gasteiger partial charge in [-0.05, 0) is 31.0 Å². The van der Waals surface area contributed by atoms with Crippen molar-refractivity contribution in [3.8, 4) is 0 Å². The van der Waals surface area contributed by atoms with E-state index in [4.69, 9.17) is 16.3 Å². The van der Waals surface area contributed by atoms with Crippen LogP contribution in [0, 0.1) is 5.92 Å². The van der Waals surface area contributed by atoms with Gasteiger partial charge in [0.15, 0.2) is 0 Å². The molecule has 5 heteroatoms. The normalized spacial score (nSPS) is 27.3. The zero-order valence-corrected chi connectivity index (χ0v) is 11.1. The van der Waals surface area contributed by atoms with Gasteiger partial charge >= 0.3 is 0 Å². The van der Waals surface area contributed by atoms with E-state index in [1.165, 1.54) is 4.90 Å². The summed E-state index contributed by atoms with van der Waals surface area (Å²) in [4.78, 5) is 25.7. The van der Waals surface area contributed by atoms with Gasteiger partial charge in [0, 0.05) is 18.1 Å². The third-order valence-corrected chi connectivity index (χ3v) is 3.90. The Morgan fingerprint density at radius 1 is 1.32 bits per heavy atom. The topological polar surface area (TPSA) is 46.6 Å². The maximum atomic E-state index is 12.4. The molecule has 0 radical (unpaired) electrons. The van der Waals surface area contributed by atoms with Gasteiger partial charge in [0.1, 0.15) is 0 Å². The Balaban J connectivity index is 1.86. The van der Waals surface area contributed by atoms with Crippen molar-refractivity contribution < 1.29 is 14.3 Å². The molecular weight excluding hydrogens is 266 g/mol. The van der Waals surface area contributed by atoms with Crippen LogP contribution in [0.2, 0.25) is 5.02 Å². The summed E-state index contributed by atoms with van der Waals surface area (Å²) in [6, 6.07) is 6.81. The van der Waals surface area contributed by atoms with E-state index < -0.39 is 0 Å². The van der Waals surface area contributed by atoms with Gasteiger partial charge in [-0.2, -0.15) is 0 Å². The van der Waals surface area contributed by atoms with Crippen LogP contribution in [0.3, 0.4) is 0 Å². The number of amides is 2. The molecule has 100 valence electrons. The van der Waals surface area contributed by atoms with E-state index >= 15 is 0 Å². The average molecular weight is 280 g/mol. The fraction of sp³-hybridized carbons (Fsp3) is 0.429. The molecule has 2 amide bonds. The molecule has 1 aromatic carbocycles. The molecule has 0 N–H and O–H groups in total. The van der Waals surface area contributed by atoms with Gasteiger partial charge in [-0.1, -0.05) is 17.7 Å². The average Bonchev–Trinajstić information content (AvgIpc) is 2.97. The molecule has 2 fully saturated rings. The molecule has 2 aliphatic rings. The molecule has 0 bridgehead atoms. The molecule has 1 aromatic rings. The molecule has 19 heavy (non-hydrogen) atoms. The number of rotatable bonds is 2. The highest BCUT2D eigenvalue weighted by atomic mass is 35.5. The second-order valence-corrected chi connectivity index (χ2v) is 5.35. The molecule has 0 aromatic heterocycles. The first-order valence-corrected chi connectivity index (χ1v) is 6.78. The van der Waals surface area contributed by atoms with Crippen molar-refractivity contribution in [2.24, 2.45) is 5.92 Å². The largest absolute Gasteiger partial charge is 0.377 e. The summed E-state index contributed by atoms with van der Waals surface area (Å²) in [6.07, 6.45) is 1.93. The summed E-state index contributed by atoms with van der Waals surface area (Å²) in [5, 5.41) is 0.513. The first-order chi connectivity index (χ1) is 9.16. The SMILES string of the molecule is O=C1C[C@H]([C@H]2CCCO2)C(=O)N1c1cccc(Cl)c1. The lowest BCUT2D eigenvalue weighted by Gasteiger charge is -2.18. The van der Waals surface area contributed by atoms with Crippen LogP contribution in [-0.2, 0) is 14.3 Å². The fourth-order valence-electron chi connectivity index (χ4n) is 2.75. The summed E-state index contributed by atoms with van der Waals surface area (Å²) in [7, 11) is 0. The summed E-state index contributed by atoms with van der Waals surface area (Å²) >= 11 is 5.91. The summed E-state index contributed by atoms with van der Waals surface area (Å²) in [5.74, 6) is -0.680. The lowest BCUT2D eigenvalue weighted by atomic mass is 9.98. The summed E-state index contributed by atoms with van der Waals surface area (Å²) in [5.41, 5.74) is 0.544. The highest BCUT2D eigenvalue weighted by molar-refractivity contribution is 6.31. The Hall–Kier alpha value is -1.39. The molecule has 0 spiro atoms. The maximum absolute atomic E-state index is 12.4. The Morgan fingerprint density at radius 3 is 2.84 bits per heavy atom. The Bertz CT molecular complexity index is 525. The van der Waals surface area contributed by atoms with Gasteiger partial charge in [0.25, 0.3) is 0 Å². The van der Waals surface area contributed by atoms with E-state index in [-0.39, 0.29) is 30.3 Å². The fourth-order valence-corrected chi connectivity index (χ4v) is 2.94. The minimum absolute atomic E-state index is 0.111. The standard InChI is InChI=1S/C14H14ClNO3/c15-9-3-1-4-10(7-9)16-13(17)8-11(14(16)18)12-5-2-6-19-12/h1,3-4,7,11-12H,2,5-6,8H2/t11-,12-/m1/s1. The highest BCUT2D eigenvalue weighted by Crippen LogP contribution is 2.33. The molecule has 2 heterocycles. The number of nitrogens with zero attached hydrogens (tertiary/aromatic N) is 1. The number of ether oxygens (including phenoxy) is 1. The minimum Gasteiger partial charge on any atom is -0.377 e. The number of benzene rings is 1. The molecule has 2 saturated heterocycles. The lowest BCUT2D eigenvalue weighted by Crippen LogP contribution is -2.33. The Morgan fingerprint density at radius 2 is 2.16 bits per heavy atom. The third-order valence-electron chi connectivity index (χ3n) is 3.66. The van der Waals surface area contributed by atoms with E-state index in [1.807, 2.05) is 0 Å². The predicted octanol–water partition coefficient (Wildman–Crippen LogP) is 2.40. The van der Waals surface area contributed by atoms with Crippen LogP contribution in [-0.4, -0.2) is 24.5 Å². The number of hydrogen-bond donors (Lipinski definition) is 0. The van der Waals surface area contributed by atoms with E-state index in [2.05, 4.69) is 0 Å². The van der Waals surface area contributed by atoms with E-state index in [0.29, 0.717) is 17.3 Å². The maximum Gasteiger partial charge on any atom is 0.240 e. The van der Waals surface area contributed by atoms with Crippen molar-refractivity contribution in [1.29, 1.82) is 0 Å². The van der Waals surface area contributed by atoms with E-state index in [9.17, 15) is 9.59 Å². The van der Waals surface area contributed by atoms with Gasteiger partial charge in [-0.3, -0.25) is 14.5 Å². The molecule has 0 unspecified atom stereocenters. The number of imide groups is 1. The summed E-state index contributed by atoms with van der Waals surface area (Å²) < 4.78 is 5.54. The predicted molar refractivity (Wildman–Crippen MR) is 71.0 cm³/mol. The van der Waals surface area contributed by atoms with Crippen LogP contribution in [0.4, 0.5) is 5.69 Å². The smallest absolute Gasteiger partial charge is 0.240 e.